The van der Waals surface area contributed by atoms with Gasteiger partial charge in [-0.1, -0.05) is 0 Å². The molecule has 0 saturated heterocycles. The van der Waals surface area contributed by atoms with Crippen molar-refractivity contribution in [1.82, 2.24) is 4.98 Å². The molecule has 1 rings (SSSR count). The van der Waals surface area contributed by atoms with Crippen LogP contribution in [-0.4, -0.2) is 21.0 Å². The summed E-state index contributed by atoms with van der Waals surface area (Å²) >= 11 is 2.82. The van der Waals surface area contributed by atoms with Gasteiger partial charge in [-0.05, 0) is 0 Å². The Kier molecular flexibility index (Phi) is 1.66. The molecule has 1 aromatic heterocycles. The molecule has 0 aliphatic carbocycles. The van der Waals surface area contributed by atoms with E-state index in [1.807, 2.05) is 25.3 Å². The van der Waals surface area contributed by atoms with Gasteiger partial charge in [-0.25, -0.2) is 0 Å². The van der Waals surface area contributed by atoms with Crippen LogP contribution in [0.25, 0.3) is 0 Å². The van der Waals surface area contributed by atoms with E-state index in [-0.39, 0.29) is 0 Å². The van der Waals surface area contributed by atoms with E-state index >= 15 is 0 Å². The summed E-state index contributed by atoms with van der Waals surface area (Å²) in [5.74, 6) is 0. The van der Waals surface area contributed by atoms with Gasteiger partial charge in [0.2, 0.25) is 0 Å². The van der Waals surface area contributed by atoms with E-state index in [1.165, 1.54) is 5.56 Å². The van der Waals surface area contributed by atoms with Gasteiger partial charge in [0.25, 0.3) is 0 Å². The molecule has 0 aliphatic rings. The molecule has 1 aromatic rings. The predicted octanol–water partition coefficient (Wildman–Crippen LogP) is 0.184. The van der Waals surface area contributed by atoms with Crippen molar-refractivity contribution in [1.29, 1.82) is 0 Å². The van der Waals surface area contributed by atoms with Crippen LogP contribution < -0.4 is 4.59 Å². The van der Waals surface area contributed by atoms with Crippen LogP contribution in [0.3, 0.4) is 0 Å². The van der Waals surface area contributed by atoms with Crippen molar-refractivity contribution in [2.45, 2.75) is 6.92 Å². The Morgan fingerprint density at radius 3 is 2.62 bits per heavy atom. The standard InChI is InChI=1S/C6H7NSe/c1-5-2-3-6(8)7-4-5/h2-4H,1H3,(H,7,8)/p-1. The zero-order valence-corrected chi connectivity index (χ0v) is 6.30. The summed E-state index contributed by atoms with van der Waals surface area (Å²) in [6, 6.07) is 3.98. The van der Waals surface area contributed by atoms with Crippen molar-refractivity contribution in [3.63, 3.8) is 0 Å². The van der Waals surface area contributed by atoms with Crippen LogP contribution >= 0.6 is 0 Å². The van der Waals surface area contributed by atoms with Crippen LogP contribution in [0.5, 0.6) is 0 Å². The van der Waals surface area contributed by atoms with Crippen molar-refractivity contribution in [3.05, 3.63) is 23.9 Å². The number of aromatic nitrogens is 1. The van der Waals surface area contributed by atoms with Crippen LogP contribution in [0.15, 0.2) is 18.3 Å². The maximum atomic E-state index is 4.02. The normalized spacial score (nSPS) is 9.12. The van der Waals surface area contributed by atoms with E-state index in [4.69, 9.17) is 0 Å². The molecule has 0 spiro atoms. The summed E-state index contributed by atoms with van der Waals surface area (Å²) in [5, 5.41) is 0. The second-order valence-electron chi connectivity index (χ2n) is 1.67. The molecule has 42 valence electrons. The quantitative estimate of drug-likeness (QED) is 0.507. The molecule has 0 amide bonds. The Balaban J connectivity index is 3.03. The molecular weight excluding hydrogens is 165 g/mol. The van der Waals surface area contributed by atoms with Crippen LogP contribution in [0, 0.1) is 6.92 Å². The fourth-order valence-corrected chi connectivity index (χ4v) is 0.708. The fourth-order valence-electron chi connectivity index (χ4n) is 0.454. The third-order valence-electron chi connectivity index (χ3n) is 0.884. The van der Waals surface area contributed by atoms with Crippen LogP contribution in [0.2, 0.25) is 0 Å². The molecule has 1 heterocycles. The zero-order chi connectivity index (χ0) is 5.98. The van der Waals surface area contributed by atoms with Crippen LogP contribution in [0.4, 0.5) is 0 Å². The van der Waals surface area contributed by atoms with E-state index in [2.05, 4.69) is 21.0 Å². The molecule has 0 atom stereocenters. The molecule has 0 aromatic carbocycles. The first-order valence-electron chi connectivity index (χ1n) is 2.39. The molecule has 0 N–H and O–H groups in total. The molecule has 1 nitrogen and oxygen atoms in total. The first kappa shape index (κ1) is 5.80. The maximum absolute atomic E-state index is 4.02. The predicted molar refractivity (Wildman–Crippen MR) is 34.4 cm³/mol. The topological polar surface area (TPSA) is 12.9 Å². The molecular formula is C6H6NSe-. The Labute approximate surface area is 57.0 Å². The van der Waals surface area contributed by atoms with Gasteiger partial charge in [-0.3, -0.25) is 0 Å². The fraction of sp³-hybridized carbons (Fsp3) is 0.167. The van der Waals surface area contributed by atoms with Gasteiger partial charge in [-0.15, -0.1) is 0 Å². The Bertz CT molecular complexity index is 147. The zero-order valence-electron chi connectivity index (χ0n) is 4.59. The second kappa shape index (κ2) is 2.29. The van der Waals surface area contributed by atoms with Crippen LogP contribution in [-0.2, 0) is 0 Å². The van der Waals surface area contributed by atoms with Gasteiger partial charge in [0.15, 0.2) is 0 Å². The molecule has 0 bridgehead atoms. The van der Waals surface area contributed by atoms with E-state index < -0.39 is 0 Å². The first-order chi connectivity index (χ1) is 3.79. The molecule has 0 aliphatic heterocycles. The van der Waals surface area contributed by atoms with Crippen molar-refractivity contribution in [2.75, 3.05) is 0 Å². The molecule has 8 heavy (non-hydrogen) atoms. The Morgan fingerprint density at radius 1 is 1.50 bits per heavy atom. The summed E-state index contributed by atoms with van der Waals surface area (Å²) in [5.41, 5.74) is 1.20. The van der Waals surface area contributed by atoms with Gasteiger partial charge in [-0.2, -0.15) is 0 Å². The SMILES string of the molecule is Cc1ccc([Se-])nc1. The summed E-state index contributed by atoms with van der Waals surface area (Å²) in [7, 11) is 0. The average Bonchev–Trinajstić information content (AvgIpc) is 1.77. The van der Waals surface area contributed by atoms with Crippen molar-refractivity contribution < 1.29 is 0 Å². The minimum absolute atomic E-state index is 0.954. The van der Waals surface area contributed by atoms with Gasteiger partial charge in [0.05, 0.1) is 0 Å². The number of rotatable bonds is 0. The Morgan fingerprint density at radius 2 is 2.25 bits per heavy atom. The van der Waals surface area contributed by atoms with Crippen molar-refractivity contribution >= 4 is 20.6 Å². The summed E-state index contributed by atoms with van der Waals surface area (Å²) < 4.78 is 0.954. The molecule has 0 radical (unpaired) electrons. The number of pyridine rings is 1. The van der Waals surface area contributed by atoms with Gasteiger partial charge in [0.1, 0.15) is 0 Å². The Hall–Kier alpha value is -0.331. The number of hydrogen-bond donors (Lipinski definition) is 0. The number of aryl methyl sites for hydroxylation is 1. The van der Waals surface area contributed by atoms with Gasteiger partial charge in [0, 0.05) is 0 Å². The van der Waals surface area contributed by atoms with Crippen LogP contribution in [0.1, 0.15) is 5.56 Å². The number of hydrogen-bond acceptors (Lipinski definition) is 1. The monoisotopic (exact) mass is 172 g/mol. The minimum atomic E-state index is 0.954. The molecule has 0 fully saturated rings. The molecule has 2 heteroatoms. The first-order valence-corrected chi connectivity index (χ1v) is 3.24. The van der Waals surface area contributed by atoms with E-state index in [0.29, 0.717) is 0 Å². The van der Waals surface area contributed by atoms with E-state index in [0.717, 1.165) is 4.59 Å². The van der Waals surface area contributed by atoms with E-state index in [9.17, 15) is 0 Å². The van der Waals surface area contributed by atoms with Gasteiger partial charge < -0.3 is 0 Å². The summed E-state index contributed by atoms with van der Waals surface area (Å²) in [6.07, 6.45) is 1.84. The molecule has 0 saturated carbocycles. The summed E-state index contributed by atoms with van der Waals surface area (Å²) in [6.45, 7) is 2.02. The second-order valence-corrected chi connectivity index (χ2v) is 2.55. The average molecular weight is 171 g/mol. The third kappa shape index (κ3) is 1.32. The van der Waals surface area contributed by atoms with Gasteiger partial charge >= 0.3 is 56.4 Å². The number of nitrogens with zero attached hydrogens (tertiary/aromatic N) is 1. The van der Waals surface area contributed by atoms with Crippen molar-refractivity contribution in [3.8, 4) is 0 Å². The molecule has 0 unspecified atom stereocenters. The van der Waals surface area contributed by atoms with Crippen molar-refractivity contribution in [2.24, 2.45) is 0 Å². The summed E-state index contributed by atoms with van der Waals surface area (Å²) in [4.78, 5) is 4.02. The third-order valence-corrected chi connectivity index (χ3v) is 1.39. The van der Waals surface area contributed by atoms with E-state index in [1.54, 1.807) is 0 Å².